The maximum Gasteiger partial charge on any atom is 0.412 e. The Bertz CT molecular complexity index is 434. The van der Waals surface area contributed by atoms with Gasteiger partial charge in [-0.25, -0.2) is 4.79 Å². The molecule has 86 valence electrons. The molecule has 5 heteroatoms. The molecule has 0 bridgehead atoms. The number of hydrogen-bond donors (Lipinski definition) is 1. The van der Waals surface area contributed by atoms with Crippen LogP contribution in [0.25, 0.3) is 0 Å². The lowest BCUT2D eigenvalue weighted by molar-refractivity contribution is 0.176. The van der Waals surface area contributed by atoms with Crippen LogP contribution in [0.5, 0.6) is 0 Å². The number of amides is 1. The zero-order chi connectivity index (χ0) is 12.3. The van der Waals surface area contributed by atoms with Crippen LogP contribution in [-0.2, 0) is 6.42 Å². The first-order valence-electron chi connectivity index (χ1n) is 4.76. The molecule has 1 N–H and O–H groups in total. The van der Waals surface area contributed by atoms with Crippen LogP contribution in [0.15, 0.2) is 18.2 Å². The van der Waals surface area contributed by atoms with E-state index in [1.54, 1.807) is 12.1 Å². The normalized spacial score (nSPS) is 9.94. The number of aryl methyl sites for hydroxylation is 1. The van der Waals surface area contributed by atoms with Gasteiger partial charge in [0.05, 0.1) is 5.02 Å². The van der Waals surface area contributed by atoms with Crippen LogP contribution in [0, 0.1) is 0 Å². The van der Waals surface area contributed by atoms with Gasteiger partial charge in [0.15, 0.2) is 0 Å². The van der Waals surface area contributed by atoms with Crippen LogP contribution in [0.1, 0.15) is 18.1 Å². The second kappa shape index (κ2) is 5.27. The average molecular weight is 258 g/mol. The Hall–Kier alpha value is -1.13. The van der Waals surface area contributed by atoms with Crippen molar-refractivity contribution in [2.75, 3.05) is 7.05 Å². The van der Waals surface area contributed by atoms with Crippen LogP contribution in [-0.4, -0.2) is 28.1 Å². The van der Waals surface area contributed by atoms with Gasteiger partial charge in [-0.3, -0.25) is 4.90 Å². The number of halogens is 1. The Morgan fingerprint density at radius 2 is 2.19 bits per heavy atom. The molecule has 0 atom stereocenters. The molecule has 0 unspecified atom stereocenters. The van der Waals surface area contributed by atoms with Crippen LogP contribution < -0.4 is 0 Å². The molecule has 0 saturated heterocycles. The second-order valence-corrected chi connectivity index (χ2v) is 4.11. The van der Waals surface area contributed by atoms with Crippen molar-refractivity contribution < 1.29 is 9.90 Å². The monoisotopic (exact) mass is 257 g/mol. The molecular formula is C11H12ClNO2S. The average Bonchev–Trinajstić information content (AvgIpc) is 2.26. The Balaban J connectivity index is 3.05. The van der Waals surface area contributed by atoms with Gasteiger partial charge in [0.25, 0.3) is 0 Å². The summed E-state index contributed by atoms with van der Waals surface area (Å²) in [7, 11) is 1.40. The lowest BCUT2D eigenvalue weighted by atomic mass is 10.1. The molecule has 0 spiro atoms. The fourth-order valence-corrected chi connectivity index (χ4v) is 1.82. The predicted octanol–water partition coefficient (Wildman–Crippen LogP) is 3.19. The van der Waals surface area contributed by atoms with Crippen LogP contribution >= 0.6 is 23.8 Å². The van der Waals surface area contributed by atoms with Crippen molar-refractivity contribution in [3.05, 3.63) is 34.3 Å². The molecule has 16 heavy (non-hydrogen) atoms. The minimum absolute atomic E-state index is 0.208. The van der Waals surface area contributed by atoms with Crippen molar-refractivity contribution in [3.8, 4) is 0 Å². The summed E-state index contributed by atoms with van der Waals surface area (Å²) in [4.78, 5) is 11.9. The van der Waals surface area contributed by atoms with E-state index < -0.39 is 6.09 Å². The van der Waals surface area contributed by atoms with Crippen LogP contribution in [0.2, 0.25) is 5.02 Å². The molecule has 0 radical (unpaired) electrons. The summed E-state index contributed by atoms with van der Waals surface area (Å²) in [6.45, 7) is 2.02. The van der Waals surface area contributed by atoms with Crippen molar-refractivity contribution >= 4 is 34.9 Å². The molecule has 0 saturated carbocycles. The molecular weight excluding hydrogens is 246 g/mol. The number of carbonyl (C=O) groups is 1. The molecule has 3 nitrogen and oxygen atoms in total. The molecule has 1 aromatic carbocycles. The van der Waals surface area contributed by atoms with Gasteiger partial charge in [0.1, 0.15) is 4.99 Å². The van der Waals surface area contributed by atoms with E-state index in [1.165, 1.54) is 7.05 Å². The van der Waals surface area contributed by atoms with Crippen molar-refractivity contribution in [1.29, 1.82) is 0 Å². The van der Waals surface area contributed by atoms with Crippen LogP contribution in [0.4, 0.5) is 4.79 Å². The summed E-state index contributed by atoms with van der Waals surface area (Å²) < 4.78 is 0. The molecule has 0 aliphatic heterocycles. The first-order chi connectivity index (χ1) is 7.47. The maximum absolute atomic E-state index is 10.7. The highest BCUT2D eigenvalue weighted by Crippen LogP contribution is 2.20. The molecule has 0 aliphatic carbocycles. The predicted molar refractivity (Wildman–Crippen MR) is 68.3 cm³/mol. The summed E-state index contributed by atoms with van der Waals surface area (Å²) in [5, 5.41) is 9.28. The largest absolute Gasteiger partial charge is 0.465 e. The Morgan fingerprint density at radius 1 is 1.56 bits per heavy atom. The molecule has 1 aromatic rings. The number of benzene rings is 1. The van der Waals surface area contributed by atoms with Gasteiger partial charge in [-0.05, 0) is 18.1 Å². The lowest BCUT2D eigenvalue weighted by Crippen LogP contribution is -2.31. The summed E-state index contributed by atoms with van der Waals surface area (Å²) in [5.74, 6) is 0. The fourth-order valence-electron chi connectivity index (χ4n) is 1.22. The third-order valence-corrected chi connectivity index (χ3v) is 3.07. The first kappa shape index (κ1) is 12.9. The van der Waals surface area contributed by atoms with E-state index >= 15 is 0 Å². The number of carboxylic acid groups (broad SMARTS) is 1. The summed E-state index contributed by atoms with van der Waals surface area (Å²) in [6, 6.07) is 5.45. The second-order valence-electron chi connectivity index (χ2n) is 3.31. The Labute approximate surface area is 105 Å². The van der Waals surface area contributed by atoms with Gasteiger partial charge >= 0.3 is 6.09 Å². The van der Waals surface area contributed by atoms with E-state index in [0.29, 0.717) is 10.6 Å². The zero-order valence-electron chi connectivity index (χ0n) is 9.03. The highest BCUT2D eigenvalue weighted by atomic mass is 35.5. The van der Waals surface area contributed by atoms with Crippen molar-refractivity contribution in [2.24, 2.45) is 0 Å². The van der Waals surface area contributed by atoms with Gasteiger partial charge in [-0.15, -0.1) is 0 Å². The molecule has 0 aromatic heterocycles. The zero-order valence-corrected chi connectivity index (χ0v) is 10.6. The molecule has 0 fully saturated rings. The Morgan fingerprint density at radius 3 is 2.62 bits per heavy atom. The van der Waals surface area contributed by atoms with Crippen LogP contribution in [0.3, 0.4) is 0 Å². The van der Waals surface area contributed by atoms with Gasteiger partial charge in [0, 0.05) is 12.6 Å². The van der Waals surface area contributed by atoms with Crippen molar-refractivity contribution in [1.82, 2.24) is 4.90 Å². The molecule has 0 aliphatic rings. The van der Waals surface area contributed by atoms with Gasteiger partial charge in [-0.1, -0.05) is 42.9 Å². The minimum Gasteiger partial charge on any atom is -0.465 e. The standard InChI is InChI=1S/C11H12ClNO2S/c1-3-7-4-5-8(9(12)6-7)10(16)13(2)11(14)15/h4-6H,3H2,1-2H3,(H,14,15). The maximum atomic E-state index is 10.7. The van der Waals surface area contributed by atoms with E-state index in [-0.39, 0.29) is 4.99 Å². The van der Waals surface area contributed by atoms with E-state index in [9.17, 15) is 4.79 Å². The van der Waals surface area contributed by atoms with E-state index in [2.05, 4.69) is 0 Å². The number of hydrogen-bond acceptors (Lipinski definition) is 2. The number of rotatable bonds is 2. The highest BCUT2D eigenvalue weighted by Gasteiger charge is 2.15. The molecule has 1 rings (SSSR count). The minimum atomic E-state index is -1.10. The highest BCUT2D eigenvalue weighted by molar-refractivity contribution is 7.80. The summed E-state index contributed by atoms with van der Waals surface area (Å²) >= 11 is 11.1. The summed E-state index contributed by atoms with van der Waals surface area (Å²) in [6.07, 6.45) is -0.220. The van der Waals surface area contributed by atoms with Gasteiger partial charge in [0.2, 0.25) is 0 Å². The number of nitrogens with zero attached hydrogens (tertiary/aromatic N) is 1. The van der Waals surface area contributed by atoms with Crippen molar-refractivity contribution in [2.45, 2.75) is 13.3 Å². The smallest absolute Gasteiger partial charge is 0.412 e. The Kier molecular flexibility index (Phi) is 4.26. The number of thiocarbonyl (C=S) groups is 1. The first-order valence-corrected chi connectivity index (χ1v) is 5.55. The third kappa shape index (κ3) is 2.71. The SMILES string of the molecule is CCc1ccc(C(=S)N(C)C(=O)O)c(Cl)c1. The third-order valence-electron chi connectivity index (χ3n) is 2.26. The fraction of sp³-hybridized carbons (Fsp3) is 0.273. The molecule has 0 heterocycles. The summed E-state index contributed by atoms with van der Waals surface area (Å²) in [5.41, 5.74) is 1.66. The topological polar surface area (TPSA) is 40.5 Å². The van der Waals surface area contributed by atoms with Gasteiger partial charge < -0.3 is 5.11 Å². The van der Waals surface area contributed by atoms with E-state index in [0.717, 1.165) is 16.9 Å². The quantitative estimate of drug-likeness (QED) is 0.828. The lowest BCUT2D eigenvalue weighted by Gasteiger charge is -2.15. The molecule has 1 amide bonds. The van der Waals surface area contributed by atoms with Gasteiger partial charge in [-0.2, -0.15) is 0 Å². The van der Waals surface area contributed by atoms with Crippen molar-refractivity contribution in [3.63, 3.8) is 0 Å². The van der Waals surface area contributed by atoms with E-state index in [4.69, 9.17) is 28.9 Å². The van der Waals surface area contributed by atoms with E-state index in [1.807, 2.05) is 13.0 Å².